The van der Waals surface area contributed by atoms with Crippen LogP contribution in [-0.4, -0.2) is 32.7 Å². The predicted molar refractivity (Wildman–Crippen MR) is 58.3 cm³/mol. The van der Waals surface area contributed by atoms with Gasteiger partial charge in [-0.15, -0.1) is 0 Å². The molecule has 1 saturated heterocycles. The van der Waals surface area contributed by atoms with Gasteiger partial charge in [-0.1, -0.05) is 6.07 Å². The largest absolute Gasteiger partial charge is 0.449 e. The Morgan fingerprint density at radius 1 is 1.50 bits per heavy atom. The zero-order valence-corrected chi connectivity index (χ0v) is 9.83. The van der Waals surface area contributed by atoms with Crippen LogP contribution in [0.5, 0.6) is 5.75 Å². The van der Waals surface area contributed by atoms with Gasteiger partial charge in [0.05, 0.1) is 24.2 Å². The highest BCUT2D eigenvalue weighted by Crippen LogP contribution is 2.21. The van der Waals surface area contributed by atoms with E-state index >= 15 is 0 Å². The summed E-state index contributed by atoms with van der Waals surface area (Å²) in [6.07, 6.45) is -0.228. The zero-order valence-electron chi connectivity index (χ0n) is 9.01. The van der Waals surface area contributed by atoms with E-state index in [1.165, 1.54) is 18.2 Å². The van der Waals surface area contributed by atoms with Gasteiger partial charge in [0.2, 0.25) is 0 Å². The number of benzene rings is 1. The molecule has 98 valence electrons. The minimum Gasteiger partial charge on any atom is -0.371 e. The number of hydrogen-bond acceptors (Lipinski definition) is 7. The minimum absolute atomic E-state index is 0.128. The van der Waals surface area contributed by atoms with Crippen LogP contribution in [0.15, 0.2) is 24.3 Å². The van der Waals surface area contributed by atoms with Crippen molar-refractivity contribution in [3.05, 3.63) is 34.4 Å². The van der Waals surface area contributed by atoms with Crippen LogP contribution in [0.2, 0.25) is 0 Å². The van der Waals surface area contributed by atoms with E-state index < -0.39 is 15.3 Å². The van der Waals surface area contributed by atoms with E-state index in [1.807, 2.05) is 0 Å². The molecule has 8 nitrogen and oxygen atoms in total. The maximum absolute atomic E-state index is 11.3. The van der Waals surface area contributed by atoms with E-state index in [0.717, 1.165) is 6.07 Å². The lowest BCUT2D eigenvalue weighted by molar-refractivity contribution is -0.384. The average Bonchev–Trinajstić information content (AvgIpc) is 3.10. The third-order valence-electron chi connectivity index (χ3n) is 2.03. The molecule has 1 fully saturated rings. The van der Waals surface area contributed by atoms with Gasteiger partial charge in [0.15, 0.2) is 5.75 Å². The molecule has 0 saturated carbocycles. The summed E-state index contributed by atoms with van der Waals surface area (Å²) in [5.41, 5.74) is -0.270. The van der Waals surface area contributed by atoms with Crippen LogP contribution in [0.4, 0.5) is 5.69 Å². The van der Waals surface area contributed by atoms with Gasteiger partial charge < -0.3 is 8.92 Å². The highest BCUT2D eigenvalue weighted by Gasteiger charge is 2.26. The molecule has 0 N–H and O–H groups in total. The second-order valence-corrected chi connectivity index (χ2v) is 4.70. The molecule has 9 heteroatoms. The topological polar surface area (TPSA) is 108 Å². The molecular weight excluding hydrogens is 266 g/mol. The summed E-state index contributed by atoms with van der Waals surface area (Å²) in [6, 6.07) is 4.81. The Hall–Kier alpha value is -1.71. The molecule has 1 aromatic rings. The van der Waals surface area contributed by atoms with Gasteiger partial charge in [-0.3, -0.25) is 10.1 Å². The minimum atomic E-state index is -4.23. The van der Waals surface area contributed by atoms with Crippen LogP contribution < -0.4 is 4.18 Å². The molecule has 0 spiro atoms. The Morgan fingerprint density at radius 2 is 2.22 bits per heavy atom. The molecule has 0 aromatic heterocycles. The van der Waals surface area contributed by atoms with Crippen molar-refractivity contribution in [2.75, 3.05) is 13.2 Å². The number of hydrogen-bond donors (Lipinski definition) is 0. The number of ether oxygens (including phenoxy) is 1. The first kappa shape index (κ1) is 12.7. The first-order chi connectivity index (χ1) is 8.46. The molecule has 0 radical (unpaired) electrons. The van der Waals surface area contributed by atoms with Crippen LogP contribution in [0.25, 0.3) is 0 Å². The van der Waals surface area contributed by atoms with E-state index in [1.54, 1.807) is 0 Å². The van der Waals surface area contributed by atoms with Crippen LogP contribution in [-0.2, 0) is 19.3 Å². The third-order valence-corrected chi connectivity index (χ3v) is 2.85. The van der Waals surface area contributed by atoms with E-state index in [0.29, 0.717) is 6.61 Å². The van der Waals surface area contributed by atoms with Crippen LogP contribution in [0.3, 0.4) is 0 Å². The molecule has 0 aliphatic carbocycles. The van der Waals surface area contributed by atoms with Gasteiger partial charge >= 0.3 is 10.4 Å². The van der Waals surface area contributed by atoms with Crippen molar-refractivity contribution in [2.24, 2.45) is 0 Å². The second kappa shape index (κ2) is 4.88. The molecule has 1 aromatic carbocycles. The van der Waals surface area contributed by atoms with Gasteiger partial charge in [-0.05, 0) is 6.07 Å². The van der Waals surface area contributed by atoms with Gasteiger partial charge in [0, 0.05) is 6.07 Å². The number of epoxide rings is 1. The molecule has 1 heterocycles. The Bertz CT molecular complexity index is 552. The standard InChI is InChI=1S/C9H9NO7S/c11-10(12)7-2-1-3-8(4-7)17-18(13,14)16-6-9-5-15-9/h1-4,9H,5-6H2/t9-/m0/s1. The van der Waals surface area contributed by atoms with Crippen molar-refractivity contribution in [3.8, 4) is 5.75 Å². The van der Waals surface area contributed by atoms with E-state index in [9.17, 15) is 18.5 Å². The molecule has 0 unspecified atom stereocenters. The van der Waals surface area contributed by atoms with Gasteiger partial charge in [-0.25, -0.2) is 4.18 Å². The maximum Gasteiger partial charge on any atom is 0.449 e. The molecule has 1 aliphatic heterocycles. The molecule has 1 atom stereocenters. The smallest absolute Gasteiger partial charge is 0.371 e. The molecule has 2 rings (SSSR count). The van der Waals surface area contributed by atoms with Crippen molar-refractivity contribution < 1.29 is 26.4 Å². The summed E-state index contributed by atoms with van der Waals surface area (Å²) in [7, 11) is -4.23. The highest BCUT2D eigenvalue weighted by atomic mass is 32.3. The Kier molecular flexibility index (Phi) is 3.45. The zero-order chi connectivity index (χ0) is 13.2. The highest BCUT2D eigenvalue weighted by molar-refractivity contribution is 7.82. The lowest BCUT2D eigenvalue weighted by atomic mass is 10.3. The Labute approximate surface area is 103 Å². The monoisotopic (exact) mass is 275 g/mol. The van der Waals surface area contributed by atoms with Gasteiger partial charge in [-0.2, -0.15) is 8.42 Å². The number of non-ortho nitro benzene ring substituents is 1. The SMILES string of the molecule is O=[N+]([O-])c1cccc(OS(=O)(=O)OC[C@@H]2CO2)c1. The number of nitro groups is 1. The first-order valence-corrected chi connectivity index (χ1v) is 6.24. The van der Waals surface area contributed by atoms with Crippen LogP contribution in [0.1, 0.15) is 0 Å². The number of rotatable bonds is 6. The van der Waals surface area contributed by atoms with E-state index in [-0.39, 0.29) is 24.1 Å². The number of nitro benzene ring substituents is 1. The van der Waals surface area contributed by atoms with Gasteiger partial charge in [0.1, 0.15) is 6.10 Å². The summed E-state index contributed by atoms with van der Waals surface area (Å²) < 4.78 is 36.5. The van der Waals surface area contributed by atoms with Crippen LogP contribution >= 0.6 is 0 Å². The summed E-state index contributed by atoms with van der Waals surface area (Å²) in [5, 5.41) is 10.5. The second-order valence-electron chi connectivity index (χ2n) is 3.49. The quantitative estimate of drug-likeness (QED) is 0.425. The van der Waals surface area contributed by atoms with Crippen molar-refractivity contribution in [3.63, 3.8) is 0 Å². The van der Waals surface area contributed by atoms with Crippen molar-refractivity contribution in [1.82, 2.24) is 0 Å². The summed E-state index contributed by atoms with van der Waals surface area (Å²) >= 11 is 0. The van der Waals surface area contributed by atoms with E-state index in [2.05, 4.69) is 8.37 Å². The summed E-state index contributed by atoms with van der Waals surface area (Å²) in [4.78, 5) is 9.84. The molecule has 0 amide bonds. The fourth-order valence-corrected chi connectivity index (χ4v) is 1.82. The number of nitrogens with zero attached hydrogens (tertiary/aromatic N) is 1. The maximum atomic E-state index is 11.3. The first-order valence-electron chi connectivity index (χ1n) is 4.91. The lowest BCUT2D eigenvalue weighted by Gasteiger charge is -2.05. The molecule has 1 aliphatic rings. The molecule has 18 heavy (non-hydrogen) atoms. The van der Waals surface area contributed by atoms with Crippen molar-refractivity contribution >= 4 is 16.1 Å². The van der Waals surface area contributed by atoms with E-state index in [4.69, 9.17) is 4.74 Å². The van der Waals surface area contributed by atoms with Crippen molar-refractivity contribution in [2.45, 2.75) is 6.10 Å². The van der Waals surface area contributed by atoms with Crippen molar-refractivity contribution in [1.29, 1.82) is 0 Å². The molecular formula is C9H9NO7S. The predicted octanol–water partition coefficient (Wildman–Crippen LogP) is 0.634. The summed E-state index contributed by atoms with van der Waals surface area (Å²) in [5.74, 6) is -0.180. The average molecular weight is 275 g/mol. The Balaban J connectivity index is 2.02. The van der Waals surface area contributed by atoms with Crippen LogP contribution in [0, 0.1) is 10.1 Å². The lowest BCUT2D eigenvalue weighted by Crippen LogP contribution is -2.16. The van der Waals surface area contributed by atoms with Gasteiger partial charge in [0.25, 0.3) is 5.69 Å². The molecule has 0 bridgehead atoms. The normalized spacial score (nSPS) is 18.3. The fraction of sp³-hybridized carbons (Fsp3) is 0.333. The third kappa shape index (κ3) is 3.65. The Morgan fingerprint density at radius 3 is 2.83 bits per heavy atom. The summed E-state index contributed by atoms with van der Waals surface area (Å²) in [6.45, 7) is 0.323. The fourth-order valence-electron chi connectivity index (χ4n) is 1.11.